The molecular formula is C13H17N3OS. The molecule has 4 nitrogen and oxygen atoms in total. The highest BCUT2D eigenvalue weighted by molar-refractivity contribution is 7.15. The summed E-state index contributed by atoms with van der Waals surface area (Å²) in [5, 5.41) is 1.99. The Hall–Kier alpha value is -1.20. The second-order valence-electron chi connectivity index (χ2n) is 5.09. The lowest BCUT2D eigenvalue weighted by Gasteiger charge is -2.25. The van der Waals surface area contributed by atoms with E-state index in [9.17, 15) is 4.79 Å². The number of nitrogens with two attached hydrogens (primary N) is 1. The Kier molecular flexibility index (Phi) is 3.18. The molecule has 18 heavy (non-hydrogen) atoms. The molecule has 0 aliphatic heterocycles. The van der Waals surface area contributed by atoms with Crippen LogP contribution in [0.1, 0.15) is 31.4 Å². The zero-order valence-corrected chi connectivity index (χ0v) is 11.0. The number of hydrogen-bond donors (Lipinski definition) is 1. The van der Waals surface area contributed by atoms with Crippen molar-refractivity contribution in [3.05, 3.63) is 23.5 Å². The van der Waals surface area contributed by atoms with E-state index in [1.165, 1.54) is 0 Å². The fourth-order valence-corrected chi connectivity index (χ4v) is 3.42. The number of Topliss-reactive ketones (excluding diaryl/α,β-unsaturated/α-hetero) is 1. The third kappa shape index (κ3) is 2.33. The van der Waals surface area contributed by atoms with Crippen molar-refractivity contribution in [2.45, 2.75) is 38.1 Å². The smallest absolute Gasteiger partial charge is 0.193 e. The molecule has 0 aromatic carbocycles. The van der Waals surface area contributed by atoms with Crippen LogP contribution in [0, 0.1) is 5.92 Å². The monoisotopic (exact) mass is 263 g/mol. The lowest BCUT2D eigenvalue weighted by molar-refractivity contribution is -0.123. The standard InChI is InChI=1S/C13H17N3OS/c14-10-3-1-2-9(6-10)12(17)7-11-8-16-4-5-18-13(16)15-11/h4-5,8-10H,1-3,6-7,14H2. The van der Waals surface area contributed by atoms with Gasteiger partial charge < -0.3 is 5.73 Å². The van der Waals surface area contributed by atoms with Crippen LogP contribution in [0.4, 0.5) is 0 Å². The molecule has 0 amide bonds. The Morgan fingerprint density at radius 1 is 1.56 bits per heavy atom. The highest BCUT2D eigenvalue weighted by Gasteiger charge is 2.25. The normalized spacial score (nSPS) is 24.5. The maximum atomic E-state index is 12.2. The maximum Gasteiger partial charge on any atom is 0.193 e. The average Bonchev–Trinajstić information content (AvgIpc) is 2.89. The summed E-state index contributed by atoms with van der Waals surface area (Å²) >= 11 is 1.59. The summed E-state index contributed by atoms with van der Waals surface area (Å²) in [5.41, 5.74) is 6.81. The van der Waals surface area contributed by atoms with Crippen LogP contribution in [-0.4, -0.2) is 21.2 Å². The fraction of sp³-hybridized carbons (Fsp3) is 0.538. The van der Waals surface area contributed by atoms with Crippen LogP contribution in [0.3, 0.4) is 0 Å². The van der Waals surface area contributed by atoms with E-state index < -0.39 is 0 Å². The first-order valence-corrected chi connectivity index (χ1v) is 7.29. The molecule has 2 heterocycles. The van der Waals surface area contributed by atoms with Crippen LogP contribution in [0.2, 0.25) is 0 Å². The summed E-state index contributed by atoms with van der Waals surface area (Å²) in [6.07, 6.45) is 8.35. The molecule has 0 spiro atoms. The number of thiazole rings is 1. The van der Waals surface area contributed by atoms with Crippen molar-refractivity contribution in [1.82, 2.24) is 9.38 Å². The number of rotatable bonds is 3. The van der Waals surface area contributed by atoms with Gasteiger partial charge in [0.05, 0.1) is 12.1 Å². The third-order valence-corrected chi connectivity index (χ3v) is 4.44. The predicted octanol–water partition coefficient (Wildman–Crippen LogP) is 2.02. The highest BCUT2D eigenvalue weighted by atomic mass is 32.1. The second-order valence-corrected chi connectivity index (χ2v) is 5.96. The first-order valence-electron chi connectivity index (χ1n) is 6.42. The third-order valence-electron chi connectivity index (χ3n) is 3.67. The minimum atomic E-state index is 0.147. The Morgan fingerprint density at radius 2 is 2.44 bits per heavy atom. The van der Waals surface area contributed by atoms with Gasteiger partial charge in [-0.3, -0.25) is 9.20 Å². The van der Waals surface area contributed by atoms with Gasteiger partial charge in [0.25, 0.3) is 0 Å². The Bertz CT molecular complexity index is 531. The summed E-state index contributed by atoms with van der Waals surface area (Å²) in [7, 11) is 0. The Balaban J connectivity index is 1.68. The van der Waals surface area contributed by atoms with Gasteiger partial charge in [-0.05, 0) is 19.3 Å². The number of imidazole rings is 1. The van der Waals surface area contributed by atoms with E-state index in [0.29, 0.717) is 12.2 Å². The number of fused-ring (bicyclic) bond motifs is 1. The minimum absolute atomic E-state index is 0.147. The zero-order valence-electron chi connectivity index (χ0n) is 10.2. The quantitative estimate of drug-likeness (QED) is 0.921. The molecule has 2 atom stereocenters. The van der Waals surface area contributed by atoms with Crippen LogP contribution in [0.5, 0.6) is 0 Å². The molecule has 1 saturated carbocycles. The van der Waals surface area contributed by atoms with Gasteiger partial charge in [0.15, 0.2) is 4.96 Å². The molecule has 2 aromatic heterocycles. The van der Waals surface area contributed by atoms with Crippen LogP contribution in [-0.2, 0) is 11.2 Å². The largest absolute Gasteiger partial charge is 0.328 e. The first kappa shape index (κ1) is 11.9. The van der Waals surface area contributed by atoms with Crippen LogP contribution >= 0.6 is 11.3 Å². The predicted molar refractivity (Wildman–Crippen MR) is 71.7 cm³/mol. The summed E-state index contributed by atoms with van der Waals surface area (Å²) < 4.78 is 1.97. The van der Waals surface area contributed by atoms with Crippen molar-refractivity contribution in [3.63, 3.8) is 0 Å². The van der Waals surface area contributed by atoms with E-state index in [0.717, 1.165) is 36.3 Å². The van der Waals surface area contributed by atoms with Crippen molar-refractivity contribution in [1.29, 1.82) is 0 Å². The van der Waals surface area contributed by atoms with Gasteiger partial charge in [-0.1, -0.05) is 6.42 Å². The summed E-state index contributed by atoms with van der Waals surface area (Å²) in [6.45, 7) is 0. The average molecular weight is 263 g/mol. The van der Waals surface area contributed by atoms with Gasteiger partial charge in [0, 0.05) is 29.7 Å². The Morgan fingerprint density at radius 3 is 3.22 bits per heavy atom. The molecular weight excluding hydrogens is 246 g/mol. The van der Waals surface area contributed by atoms with Gasteiger partial charge >= 0.3 is 0 Å². The fourth-order valence-electron chi connectivity index (χ4n) is 2.70. The SMILES string of the molecule is NC1CCCC(C(=O)Cc2cn3ccsc3n2)C1. The number of hydrogen-bond acceptors (Lipinski definition) is 4. The number of aromatic nitrogens is 2. The maximum absolute atomic E-state index is 12.2. The molecule has 2 unspecified atom stereocenters. The van der Waals surface area contributed by atoms with Gasteiger partial charge in [0.2, 0.25) is 0 Å². The van der Waals surface area contributed by atoms with E-state index in [1.807, 2.05) is 22.2 Å². The lowest BCUT2D eigenvalue weighted by Crippen LogP contribution is -2.32. The van der Waals surface area contributed by atoms with Gasteiger partial charge in [-0.2, -0.15) is 0 Å². The van der Waals surface area contributed by atoms with E-state index in [4.69, 9.17) is 5.73 Å². The number of carbonyl (C=O) groups excluding carboxylic acids is 1. The lowest BCUT2D eigenvalue weighted by atomic mass is 9.82. The van der Waals surface area contributed by atoms with Crippen molar-refractivity contribution in [2.75, 3.05) is 0 Å². The molecule has 1 aliphatic rings. The summed E-state index contributed by atoms with van der Waals surface area (Å²) in [4.78, 5) is 17.6. The van der Waals surface area contributed by atoms with Gasteiger partial charge in [0.1, 0.15) is 5.78 Å². The molecule has 0 saturated heterocycles. The molecule has 5 heteroatoms. The van der Waals surface area contributed by atoms with Crippen LogP contribution in [0.15, 0.2) is 17.8 Å². The topological polar surface area (TPSA) is 60.4 Å². The molecule has 1 aliphatic carbocycles. The van der Waals surface area contributed by atoms with Gasteiger partial charge in [-0.25, -0.2) is 4.98 Å². The molecule has 2 N–H and O–H groups in total. The van der Waals surface area contributed by atoms with Crippen molar-refractivity contribution in [2.24, 2.45) is 11.7 Å². The summed E-state index contributed by atoms with van der Waals surface area (Å²) in [5.74, 6) is 0.449. The molecule has 1 fully saturated rings. The number of carbonyl (C=O) groups is 1. The zero-order chi connectivity index (χ0) is 12.5. The Labute approximate surface area is 110 Å². The van der Waals surface area contributed by atoms with Crippen molar-refractivity contribution in [3.8, 4) is 0 Å². The highest BCUT2D eigenvalue weighted by Crippen LogP contribution is 2.25. The van der Waals surface area contributed by atoms with Crippen molar-refractivity contribution >= 4 is 22.1 Å². The van der Waals surface area contributed by atoms with E-state index in [1.54, 1.807) is 11.3 Å². The first-order chi connectivity index (χ1) is 8.72. The minimum Gasteiger partial charge on any atom is -0.328 e. The van der Waals surface area contributed by atoms with Gasteiger partial charge in [-0.15, -0.1) is 11.3 Å². The van der Waals surface area contributed by atoms with Crippen molar-refractivity contribution < 1.29 is 4.79 Å². The van der Waals surface area contributed by atoms with E-state index >= 15 is 0 Å². The van der Waals surface area contributed by atoms with Crippen LogP contribution in [0.25, 0.3) is 4.96 Å². The van der Waals surface area contributed by atoms with Crippen LogP contribution < -0.4 is 5.73 Å². The summed E-state index contributed by atoms with van der Waals surface area (Å²) in [6, 6.07) is 0.207. The molecule has 0 radical (unpaired) electrons. The second kappa shape index (κ2) is 4.82. The van der Waals surface area contributed by atoms with E-state index in [2.05, 4.69) is 4.98 Å². The number of nitrogens with zero attached hydrogens (tertiary/aromatic N) is 2. The van der Waals surface area contributed by atoms with E-state index in [-0.39, 0.29) is 12.0 Å². The molecule has 2 aromatic rings. The number of ketones is 1. The molecule has 0 bridgehead atoms. The molecule has 3 rings (SSSR count). The molecule has 96 valence electrons.